The minimum atomic E-state index is -0.472. The van der Waals surface area contributed by atoms with Gasteiger partial charge in [-0.05, 0) is 49.6 Å². The maximum atomic E-state index is 12.3. The summed E-state index contributed by atoms with van der Waals surface area (Å²) in [6.07, 6.45) is 5.23. The third-order valence-corrected chi connectivity index (χ3v) is 4.65. The van der Waals surface area contributed by atoms with Crippen molar-refractivity contribution < 1.29 is 23.5 Å². The van der Waals surface area contributed by atoms with Crippen LogP contribution < -0.4 is 5.32 Å². The number of hydrogen-bond acceptors (Lipinski definition) is 5. The molecule has 1 aromatic heterocycles. The molecule has 1 fully saturated rings. The van der Waals surface area contributed by atoms with Crippen molar-refractivity contribution >= 4 is 23.9 Å². The quantitative estimate of drug-likeness (QED) is 0.574. The summed E-state index contributed by atoms with van der Waals surface area (Å²) in [5.74, 6) is 0.195. The van der Waals surface area contributed by atoms with Crippen LogP contribution in [0.4, 0.5) is 0 Å². The van der Waals surface area contributed by atoms with E-state index in [9.17, 15) is 14.4 Å². The van der Waals surface area contributed by atoms with Gasteiger partial charge in [-0.3, -0.25) is 9.59 Å². The first-order chi connectivity index (χ1) is 13.9. The molecule has 152 valence electrons. The van der Waals surface area contributed by atoms with Gasteiger partial charge in [0.15, 0.2) is 0 Å². The Morgan fingerprint density at radius 3 is 2.55 bits per heavy atom. The van der Waals surface area contributed by atoms with E-state index in [1.807, 2.05) is 0 Å². The first kappa shape index (κ1) is 20.4. The molecule has 0 spiro atoms. The summed E-state index contributed by atoms with van der Waals surface area (Å²) in [5, 5.41) is 2.94. The summed E-state index contributed by atoms with van der Waals surface area (Å²) < 4.78 is 10.2. The lowest BCUT2D eigenvalue weighted by Crippen LogP contribution is -2.25. The lowest BCUT2D eigenvalue weighted by Gasteiger charge is -2.13. The number of carbonyl (C=O) groups excluding carboxylic acids is 3. The van der Waals surface area contributed by atoms with Crippen molar-refractivity contribution in [2.45, 2.75) is 32.4 Å². The van der Waals surface area contributed by atoms with E-state index in [-0.39, 0.29) is 18.4 Å². The molecule has 0 unspecified atom stereocenters. The van der Waals surface area contributed by atoms with Crippen molar-refractivity contribution in [1.82, 2.24) is 10.2 Å². The highest BCUT2D eigenvalue weighted by molar-refractivity contribution is 5.95. The molecular formula is C22H24N2O5. The van der Waals surface area contributed by atoms with Crippen LogP contribution in [-0.2, 0) is 16.1 Å². The van der Waals surface area contributed by atoms with Gasteiger partial charge in [0.2, 0.25) is 5.91 Å². The second kappa shape index (κ2) is 8.77. The van der Waals surface area contributed by atoms with E-state index in [0.29, 0.717) is 28.7 Å². The van der Waals surface area contributed by atoms with Crippen LogP contribution in [0.2, 0.25) is 0 Å². The fourth-order valence-electron chi connectivity index (χ4n) is 2.78. The smallest absolute Gasteiger partial charge is 0.341 e. The average Bonchev–Trinajstić information content (AvgIpc) is 3.46. The molecule has 1 heterocycles. The molecule has 0 saturated heterocycles. The number of benzene rings is 1. The van der Waals surface area contributed by atoms with Crippen molar-refractivity contribution in [3.8, 4) is 0 Å². The van der Waals surface area contributed by atoms with E-state index >= 15 is 0 Å². The number of furan rings is 1. The molecule has 2 amide bonds. The Labute approximate surface area is 169 Å². The second-order valence-corrected chi connectivity index (χ2v) is 7.07. The Morgan fingerprint density at radius 2 is 1.93 bits per heavy atom. The van der Waals surface area contributed by atoms with E-state index in [0.717, 1.165) is 18.4 Å². The molecule has 1 saturated carbocycles. The minimum absolute atomic E-state index is 0.0705. The summed E-state index contributed by atoms with van der Waals surface area (Å²) in [5.41, 5.74) is 1.77. The Morgan fingerprint density at radius 1 is 1.24 bits per heavy atom. The Kier molecular flexibility index (Phi) is 6.16. The molecule has 2 aromatic rings. The van der Waals surface area contributed by atoms with Gasteiger partial charge < -0.3 is 19.4 Å². The largest absolute Gasteiger partial charge is 0.465 e. The number of rotatable bonds is 7. The second-order valence-electron chi connectivity index (χ2n) is 7.07. The number of likely N-dealkylation sites (N-methyl/N-ethyl adjacent to an activating group) is 1. The van der Waals surface area contributed by atoms with Gasteiger partial charge >= 0.3 is 5.97 Å². The van der Waals surface area contributed by atoms with Crippen LogP contribution in [0.15, 0.2) is 40.8 Å². The molecule has 29 heavy (non-hydrogen) atoms. The number of hydrogen-bond donors (Lipinski definition) is 1. The van der Waals surface area contributed by atoms with Crippen LogP contribution in [-0.4, -0.2) is 42.9 Å². The van der Waals surface area contributed by atoms with Crippen LogP contribution in [0.25, 0.3) is 6.08 Å². The van der Waals surface area contributed by atoms with Crippen molar-refractivity contribution in [3.05, 3.63) is 64.6 Å². The van der Waals surface area contributed by atoms with E-state index < -0.39 is 5.97 Å². The summed E-state index contributed by atoms with van der Waals surface area (Å²) in [7, 11) is 2.95. The molecule has 0 bridgehead atoms. The van der Waals surface area contributed by atoms with Crippen molar-refractivity contribution in [3.63, 3.8) is 0 Å². The molecule has 7 nitrogen and oxygen atoms in total. The number of methoxy groups -OCH3 is 1. The van der Waals surface area contributed by atoms with Crippen LogP contribution in [0.3, 0.4) is 0 Å². The molecule has 3 rings (SSSR count). The van der Waals surface area contributed by atoms with Gasteiger partial charge in [0.25, 0.3) is 5.91 Å². The monoisotopic (exact) mass is 396 g/mol. The van der Waals surface area contributed by atoms with Gasteiger partial charge in [-0.1, -0.05) is 12.1 Å². The van der Waals surface area contributed by atoms with Crippen molar-refractivity contribution in [2.75, 3.05) is 14.2 Å². The predicted molar refractivity (Wildman–Crippen MR) is 107 cm³/mol. The third-order valence-electron chi connectivity index (χ3n) is 4.65. The van der Waals surface area contributed by atoms with Crippen molar-refractivity contribution in [1.29, 1.82) is 0 Å². The molecule has 1 aromatic carbocycles. The Bertz CT molecular complexity index is 939. The van der Waals surface area contributed by atoms with Crippen LogP contribution in [0.1, 0.15) is 50.6 Å². The predicted octanol–water partition coefficient (Wildman–Crippen LogP) is 2.94. The summed E-state index contributed by atoms with van der Waals surface area (Å²) in [4.78, 5) is 37.5. The highest BCUT2D eigenvalue weighted by Gasteiger charge is 2.23. The fourth-order valence-corrected chi connectivity index (χ4v) is 2.78. The lowest BCUT2D eigenvalue weighted by molar-refractivity contribution is -0.125. The van der Waals surface area contributed by atoms with Gasteiger partial charge in [0, 0.05) is 24.7 Å². The third kappa shape index (κ3) is 5.34. The number of nitrogens with one attached hydrogen (secondary N) is 1. The van der Waals surface area contributed by atoms with Crippen LogP contribution in [0, 0.1) is 6.92 Å². The molecule has 0 radical (unpaired) electrons. The average molecular weight is 396 g/mol. The molecule has 7 heteroatoms. The molecule has 1 aliphatic rings. The lowest BCUT2D eigenvalue weighted by atomic mass is 10.1. The van der Waals surface area contributed by atoms with Crippen molar-refractivity contribution in [2.24, 2.45) is 0 Å². The Balaban J connectivity index is 1.56. The number of aryl methyl sites for hydroxylation is 1. The first-order valence-corrected chi connectivity index (χ1v) is 9.39. The topological polar surface area (TPSA) is 88.8 Å². The van der Waals surface area contributed by atoms with E-state index in [1.54, 1.807) is 50.4 Å². The number of nitrogens with zero attached hydrogens (tertiary/aromatic N) is 1. The fraction of sp³-hybridized carbons (Fsp3) is 0.318. The van der Waals surface area contributed by atoms with Gasteiger partial charge in [-0.25, -0.2) is 4.79 Å². The molecule has 0 aliphatic heterocycles. The maximum absolute atomic E-state index is 12.3. The SMILES string of the molecule is COC(=O)c1cc(CN(C)C(=O)/C=C/c2ccc(C(=O)NC3CC3)cc2)oc1C. The minimum Gasteiger partial charge on any atom is -0.465 e. The Hall–Kier alpha value is -3.35. The molecule has 1 aliphatic carbocycles. The maximum Gasteiger partial charge on any atom is 0.341 e. The zero-order valence-electron chi connectivity index (χ0n) is 16.7. The zero-order valence-corrected chi connectivity index (χ0v) is 16.7. The zero-order chi connectivity index (χ0) is 21.0. The number of ether oxygens (including phenoxy) is 1. The van der Waals surface area contributed by atoms with Gasteiger partial charge in [-0.15, -0.1) is 0 Å². The number of esters is 1. The van der Waals surface area contributed by atoms with E-state index in [2.05, 4.69) is 5.32 Å². The standard InChI is InChI=1S/C22H24N2O5/c1-14-19(22(27)28-3)12-18(29-14)13-24(2)20(25)11-6-15-4-7-16(8-5-15)21(26)23-17-9-10-17/h4-8,11-12,17H,9-10,13H2,1-3H3,(H,23,26)/b11-6+. The molecular weight excluding hydrogens is 372 g/mol. The first-order valence-electron chi connectivity index (χ1n) is 9.39. The van der Waals surface area contributed by atoms with Crippen LogP contribution in [0.5, 0.6) is 0 Å². The number of amides is 2. The number of carbonyl (C=O) groups is 3. The van der Waals surface area contributed by atoms with Gasteiger partial charge in [0.05, 0.1) is 13.7 Å². The summed E-state index contributed by atoms with van der Waals surface area (Å²) in [6.45, 7) is 1.90. The molecule has 0 atom stereocenters. The van der Waals surface area contributed by atoms with Gasteiger partial charge in [-0.2, -0.15) is 0 Å². The molecule has 1 N–H and O–H groups in total. The van der Waals surface area contributed by atoms with E-state index in [1.165, 1.54) is 18.1 Å². The van der Waals surface area contributed by atoms with E-state index in [4.69, 9.17) is 9.15 Å². The van der Waals surface area contributed by atoms with Crippen LogP contribution >= 0.6 is 0 Å². The normalized spacial score (nSPS) is 13.3. The highest BCUT2D eigenvalue weighted by Crippen LogP contribution is 2.20. The highest BCUT2D eigenvalue weighted by atomic mass is 16.5. The van der Waals surface area contributed by atoms with Gasteiger partial charge in [0.1, 0.15) is 17.1 Å². The summed E-state index contributed by atoms with van der Waals surface area (Å²) >= 11 is 0. The summed E-state index contributed by atoms with van der Waals surface area (Å²) in [6, 6.07) is 8.97.